The van der Waals surface area contributed by atoms with Crippen molar-refractivity contribution in [3.63, 3.8) is 0 Å². The average molecular weight is 289 g/mol. The van der Waals surface area contributed by atoms with Gasteiger partial charge in [-0.15, -0.1) is 10.2 Å². The lowest BCUT2D eigenvalue weighted by atomic mass is 10.3. The predicted molar refractivity (Wildman–Crippen MR) is 77.7 cm³/mol. The summed E-state index contributed by atoms with van der Waals surface area (Å²) in [5.74, 6) is 1.61. The zero-order valence-corrected chi connectivity index (χ0v) is 11.7. The van der Waals surface area contributed by atoms with Crippen molar-refractivity contribution in [3.8, 4) is 5.75 Å². The molecule has 112 valence electrons. The van der Waals surface area contributed by atoms with E-state index < -0.39 is 6.10 Å². The number of aliphatic hydroxyl groups is 1. The van der Waals surface area contributed by atoms with E-state index in [9.17, 15) is 5.11 Å². The molecule has 1 aliphatic rings. The minimum absolute atomic E-state index is 0.243. The number of nitrogens with two attached hydrogens (primary N) is 1. The van der Waals surface area contributed by atoms with E-state index in [-0.39, 0.29) is 6.61 Å². The van der Waals surface area contributed by atoms with Crippen LogP contribution in [0.4, 0.5) is 5.69 Å². The molecule has 1 aromatic carbocycles. The second-order valence-electron chi connectivity index (χ2n) is 5.21. The Labute approximate surface area is 123 Å². The van der Waals surface area contributed by atoms with Crippen LogP contribution in [0.5, 0.6) is 5.75 Å². The number of hydrogen-bond acceptors (Lipinski definition) is 6. The van der Waals surface area contributed by atoms with Crippen molar-refractivity contribution in [2.75, 3.05) is 25.4 Å². The lowest BCUT2D eigenvalue weighted by Crippen LogP contribution is -2.40. The van der Waals surface area contributed by atoms with E-state index in [0.29, 0.717) is 24.5 Å². The van der Waals surface area contributed by atoms with E-state index in [2.05, 4.69) is 15.1 Å². The largest absolute Gasteiger partial charge is 0.491 e. The highest BCUT2D eigenvalue weighted by molar-refractivity contribution is 5.43. The van der Waals surface area contributed by atoms with E-state index in [1.165, 1.54) is 0 Å². The first-order chi connectivity index (χ1) is 10.2. The Kier molecular flexibility index (Phi) is 4.03. The number of nitrogen functional groups attached to an aromatic ring is 1. The quantitative estimate of drug-likeness (QED) is 0.760. The number of β-amino-alcohol motifs (C(OH)–C–C–N with tert-alkyl or cyclic N) is 1. The SMILES string of the molecule is Nc1cccc(OCC(O)CN2CCn3cnnc3C2)c1. The van der Waals surface area contributed by atoms with Crippen LogP contribution in [-0.2, 0) is 13.1 Å². The summed E-state index contributed by atoms with van der Waals surface area (Å²) in [6, 6.07) is 7.20. The van der Waals surface area contributed by atoms with Gasteiger partial charge in [-0.25, -0.2) is 0 Å². The molecule has 21 heavy (non-hydrogen) atoms. The maximum atomic E-state index is 10.1. The van der Waals surface area contributed by atoms with Crippen molar-refractivity contribution in [3.05, 3.63) is 36.4 Å². The number of hydrogen-bond donors (Lipinski definition) is 2. The van der Waals surface area contributed by atoms with Crippen LogP contribution in [0, 0.1) is 0 Å². The molecule has 0 saturated carbocycles. The highest BCUT2D eigenvalue weighted by Gasteiger charge is 2.20. The molecule has 2 aromatic rings. The Morgan fingerprint density at radius 3 is 3.14 bits per heavy atom. The van der Waals surface area contributed by atoms with Gasteiger partial charge in [-0.1, -0.05) is 6.07 Å². The highest BCUT2D eigenvalue weighted by Crippen LogP contribution is 2.15. The molecule has 0 spiro atoms. The van der Waals surface area contributed by atoms with Gasteiger partial charge in [-0.05, 0) is 12.1 Å². The van der Waals surface area contributed by atoms with E-state index in [1.54, 1.807) is 18.5 Å². The molecule has 7 nitrogen and oxygen atoms in total. The van der Waals surface area contributed by atoms with Gasteiger partial charge in [-0.3, -0.25) is 4.90 Å². The molecule has 3 rings (SSSR count). The molecule has 0 radical (unpaired) electrons. The van der Waals surface area contributed by atoms with E-state index >= 15 is 0 Å². The van der Waals surface area contributed by atoms with Gasteiger partial charge in [0.15, 0.2) is 0 Å². The third-order valence-corrected chi connectivity index (χ3v) is 3.49. The monoisotopic (exact) mass is 289 g/mol. The zero-order valence-electron chi connectivity index (χ0n) is 11.7. The minimum atomic E-state index is -0.555. The summed E-state index contributed by atoms with van der Waals surface area (Å²) in [6.45, 7) is 3.22. The number of aromatic nitrogens is 3. The van der Waals surface area contributed by atoms with Crippen LogP contribution in [0.25, 0.3) is 0 Å². The Balaban J connectivity index is 1.47. The fourth-order valence-electron chi connectivity index (χ4n) is 2.42. The molecule has 0 amide bonds. The lowest BCUT2D eigenvalue weighted by Gasteiger charge is -2.28. The summed E-state index contributed by atoms with van der Waals surface area (Å²) in [4.78, 5) is 2.15. The van der Waals surface area contributed by atoms with Crippen molar-refractivity contribution in [1.82, 2.24) is 19.7 Å². The van der Waals surface area contributed by atoms with Gasteiger partial charge >= 0.3 is 0 Å². The number of rotatable bonds is 5. The van der Waals surface area contributed by atoms with Crippen LogP contribution < -0.4 is 10.5 Å². The van der Waals surface area contributed by atoms with Crippen LogP contribution in [0.1, 0.15) is 5.82 Å². The first-order valence-corrected chi connectivity index (χ1v) is 6.96. The van der Waals surface area contributed by atoms with Crippen LogP contribution in [0.2, 0.25) is 0 Å². The molecule has 1 atom stereocenters. The van der Waals surface area contributed by atoms with Gasteiger partial charge in [0.2, 0.25) is 0 Å². The van der Waals surface area contributed by atoms with Crippen molar-refractivity contribution < 1.29 is 9.84 Å². The van der Waals surface area contributed by atoms with E-state index in [0.717, 1.165) is 18.9 Å². The second kappa shape index (κ2) is 6.11. The molecule has 2 heterocycles. The second-order valence-corrected chi connectivity index (χ2v) is 5.21. The number of fused-ring (bicyclic) bond motifs is 1. The Hall–Kier alpha value is -2.12. The summed E-state index contributed by atoms with van der Waals surface area (Å²) in [6.07, 6.45) is 1.19. The third kappa shape index (κ3) is 3.50. The molecular weight excluding hydrogens is 270 g/mol. The first kappa shape index (κ1) is 13.8. The van der Waals surface area contributed by atoms with Crippen molar-refractivity contribution >= 4 is 5.69 Å². The number of ether oxygens (including phenoxy) is 1. The lowest BCUT2D eigenvalue weighted by molar-refractivity contribution is 0.0583. The van der Waals surface area contributed by atoms with Crippen LogP contribution in [0.3, 0.4) is 0 Å². The molecule has 1 unspecified atom stereocenters. The molecule has 7 heteroatoms. The van der Waals surface area contributed by atoms with Crippen LogP contribution in [-0.4, -0.2) is 50.6 Å². The normalized spacial score (nSPS) is 16.4. The fourth-order valence-corrected chi connectivity index (χ4v) is 2.42. The molecule has 1 aliphatic heterocycles. The van der Waals surface area contributed by atoms with Gasteiger partial charge in [0.05, 0.1) is 6.54 Å². The zero-order chi connectivity index (χ0) is 14.7. The fraction of sp³-hybridized carbons (Fsp3) is 0.429. The summed E-state index contributed by atoms with van der Waals surface area (Å²) in [7, 11) is 0. The van der Waals surface area contributed by atoms with Crippen molar-refractivity contribution in [2.24, 2.45) is 0 Å². The molecule has 0 aliphatic carbocycles. The molecule has 0 bridgehead atoms. The summed E-state index contributed by atoms with van der Waals surface area (Å²) in [5, 5.41) is 18.0. The van der Waals surface area contributed by atoms with E-state index in [4.69, 9.17) is 10.5 Å². The summed E-state index contributed by atoms with van der Waals surface area (Å²) < 4.78 is 7.59. The molecule has 0 fully saturated rings. The van der Waals surface area contributed by atoms with Crippen molar-refractivity contribution in [2.45, 2.75) is 19.2 Å². The molecule has 0 saturated heterocycles. The van der Waals surface area contributed by atoms with Gasteiger partial charge in [-0.2, -0.15) is 0 Å². The first-order valence-electron chi connectivity index (χ1n) is 6.96. The maximum absolute atomic E-state index is 10.1. The number of nitrogens with zero attached hydrogens (tertiary/aromatic N) is 4. The standard InChI is InChI=1S/C14H19N5O2/c15-11-2-1-3-13(6-11)21-9-12(20)7-18-4-5-19-10-16-17-14(19)8-18/h1-3,6,10,12,20H,4-5,7-9,15H2. The molecule has 3 N–H and O–H groups in total. The number of benzene rings is 1. The Bertz CT molecular complexity index is 601. The minimum Gasteiger partial charge on any atom is -0.491 e. The van der Waals surface area contributed by atoms with Gasteiger partial charge in [0, 0.05) is 31.4 Å². The topological polar surface area (TPSA) is 89.4 Å². The Morgan fingerprint density at radius 1 is 1.38 bits per heavy atom. The average Bonchev–Trinajstić information content (AvgIpc) is 2.93. The predicted octanol–water partition coefficient (Wildman–Crippen LogP) is 0.116. The van der Waals surface area contributed by atoms with Gasteiger partial charge in [0.25, 0.3) is 0 Å². The maximum Gasteiger partial charge on any atom is 0.147 e. The van der Waals surface area contributed by atoms with Crippen LogP contribution in [0.15, 0.2) is 30.6 Å². The third-order valence-electron chi connectivity index (χ3n) is 3.49. The number of anilines is 1. The molecule has 1 aromatic heterocycles. The Morgan fingerprint density at radius 2 is 2.29 bits per heavy atom. The van der Waals surface area contributed by atoms with Crippen molar-refractivity contribution in [1.29, 1.82) is 0 Å². The van der Waals surface area contributed by atoms with Crippen LogP contribution >= 0.6 is 0 Å². The van der Waals surface area contributed by atoms with Gasteiger partial charge in [0.1, 0.15) is 30.6 Å². The summed E-state index contributed by atoms with van der Waals surface area (Å²) in [5.41, 5.74) is 6.33. The number of aliphatic hydroxyl groups excluding tert-OH is 1. The molecular formula is C14H19N5O2. The van der Waals surface area contributed by atoms with E-state index in [1.807, 2.05) is 16.7 Å². The smallest absolute Gasteiger partial charge is 0.147 e. The van der Waals surface area contributed by atoms with Gasteiger partial charge < -0.3 is 20.1 Å². The summed E-state index contributed by atoms with van der Waals surface area (Å²) >= 11 is 0. The highest BCUT2D eigenvalue weighted by atomic mass is 16.5.